The van der Waals surface area contributed by atoms with E-state index < -0.39 is 0 Å². The smallest absolute Gasteiger partial charge is 0.137 e. The zero-order valence-corrected chi connectivity index (χ0v) is 10.9. The lowest BCUT2D eigenvalue weighted by Gasteiger charge is -2.30. The highest BCUT2D eigenvalue weighted by atomic mass is 16.1. The number of hydrogen-bond acceptors (Lipinski definition) is 1. The van der Waals surface area contributed by atoms with Gasteiger partial charge in [-0.15, -0.1) is 0 Å². The van der Waals surface area contributed by atoms with E-state index in [1.54, 1.807) is 0 Å². The average Bonchev–Trinajstić information content (AvgIpc) is 1.79. The maximum atomic E-state index is 12.0. The van der Waals surface area contributed by atoms with Gasteiger partial charge < -0.3 is 0 Å². The number of Topliss-reactive ketones (excluding diaryl/α,β-unsaturated/α-hetero) is 1. The van der Waals surface area contributed by atoms with Crippen molar-refractivity contribution in [3.63, 3.8) is 0 Å². The maximum absolute atomic E-state index is 12.0. The number of rotatable bonds is 3. The van der Waals surface area contributed by atoms with Crippen molar-refractivity contribution in [1.82, 2.24) is 0 Å². The summed E-state index contributed by atoms with van der Waals surface area (Å²) in [5.41, 5.74) is 0.229. The summed E-state index contributed by atoms with van der Waals surface area (Å²) in [5.74, 6) is 0.634. The van der Waals surface area contributed by atoms with Gasteiger partial charge in [-0.05, 0) is 17.3 Å². The second-order valence-electron chi connectivity index (χ2n) is 6.53. The van der Waals surface area contributed by atoms with Gasteiger partial charge in [0.05, 0.1) is 0 Å². The minimum atomic E-state index is 0.108. The van der Waals surface area contributed by atoms with Crippen molar-refractivity contribution in [2.75, 3.05) is 0 Å². The second-order valence-corrected chi connectivity index (χ2v) is 6.53. The lowest BCUT2D eigenvalue weighted by Crippen LogP contribution is -2.30. The second kappa shape index (κ2) is 4.46. The zero-order valence-electron chi connectivity index (χ0n) is 10.9. The van der Waals surface area contributed by atoms with Crippen molar-refractivity contribution < 1.29 is 4.79 Å². The van der Waals surface area contributed by atoms with Crippen LogP contribution >= 0.6 is 0 Å². The molecule has 0 saturated carbocycles. The molecule has 0 saturated heterocycles. The first kappa shape index (κ1) is 13.7. The van der Waals surface area contributed by atoms with E-state index in [1.807, 2.05) is 0 Å². The van der Waals surface area contributed by atoms with Crippen LogP contribution in [0, 0.1) is 16.7 Å². The third-order valence-electron chi connectivity index (χ3n) is 2.55. The third kappa shape index (κ3) is 4.78. The van der Waals surface area contributed by atoms with Crippen molar-refractivity contribution in [3.05, 3.63) is 0 Å². The van der Waals surface area contributed by atoms with Gasteiger partial charge in [0.25, 0.3) is 0 Å². The number of carbonyl (C=O) groups is 1. The number of ketones is 1. The SMILES string of the molecule is CCC(C(=O)CC(C)(C)C)C(C)(C)C. The number of hydrogen-bond donors (Lipinski definition) is 0. The third-order valence-corrected chi connectivity index (χ3v) is 2.55. The Hall–Kier alpha value is -0.330. The molecule has 0 N–H and O–H groups in total. The quantitative estimate of drug-likeness (QED) is 0.668. The van der Waals surface area contributed by atoms with Crippen LogP contribution in [-0.4, -0.2) is 5.78 Å². The molecule has 0 bridgehead atoms. The predicted molar refractivity (Wildman–Crippen MR) is 62.3 cm³/mol. The van der Waals surface area contributed by atoms with Gasteiger partial charge in [-0.2, -0.15) is 0 Å². The first-order valence-corrected chi connectivity index (χ1v) is 5.60. The minimum Gasteiger partial charge on any atom is -0.299 e. The summed E-state index contributed by atoms with van der Waals surface area (Å²) >= 11 is 0. The highest BCUT2D eigenvalue weighted by Crippen LogP contribution is 2.33. The molecule has 0 heterocycles. The van der Waals surface area contributed by atoms with Crippen LogP contribution in [0.3, 0.4) is 0 Å². The standard InChI is InChI=1S/C13H26O/c1-8-10(13(5,6)7)11(14)9-12(2,3)4/h10H,8-9H2,1-7H3. The van der Waals surface area contributed by atoms with Crippen molar-refractivity contribution in [2.24, 2.45) is 16.7 Å². The summed E-state index contributed by atoms with van der Waals surface area (Å²) in [6, 6.07) is 0. The molecule has 0 aromatic heterocycles. The Balaban J connectivity index is 4.50. The highest BCUT2D eigenvalue weighted by molar-refractivity contribution is 5.82. The molecule has 1 atom stereocenters. The van der Waals surface area contributed by atoms with E-state index in [0.29, 0.717) is 12.2 Å². The fraction of sp³-hybridized carbons (Fsp3) is 0.923. The molecule has 0 amide bonds. The van der Waals surface area contributed by atoms with Gasteiger partial charge >= 0.3 is 0 Å². The van der Waals surface area contributed by atoms with Crippen molar-refractivity contribution >= 4 is 5.78 Å². The highest BCUT2D eigenvalue weighted by Gasteiger charge is 2.31. The molecule has 0 rings (SSSR count). The first-order valence-electron chi connectivity index (χ1n) is 5.60. The van der Waals surface area contributed by atoms with Crippen LogP contribution in [0.4, 0.5) is 0 Å². The van der Waals surface area contributed by atoms with Gasteiger partial charge in [-0.25, -0.2) is 0 Å². The summed E-state index contributed by atoms with van der Waals surface area (Å²) < 4.78 is 0. The summed E-state index contributed by atoms with van der Waals surface area (Å²) in [5, 5.41) is 0. The van der Waals surface area contributed by atoms with E-state index in [2.05, 4.69) is 48.5 Å². The van der Waals surface area contributed by atoms with Crippen LogP contribution < -0.4 is 0 Å². The largest absolute Gasteiger partial charge is 0.299 e. The zero-order chi connectivity index (χ0) is 11.6. The van der Waals surface area contributed by atoms with E-state index in [1.165, 1.54) is 0 Å². The fourth-order valence-electron chi connectivity index (χ4n) is 1.97. The van der Waals surface area contributed by atoms with E-state index in [9.17, 15) is 4.79 Å². The molecule has 0 fully saturated rings. The number of carbonyl (C=O) groups excluding carboxylic acids is 1. The van der Waals surface area contributed by atoms with Crippen LogP contribution in [0.5, 0.6) is 0 Å². The molecule has 0 spiro atoms. The van der Waals surface area contributed by atoms with Gasteiger partial charge in [-0.3, -0.25) is 4.79 Å². The lowest BCUT2D eigenvalue weighted by molar-refractivity contribution is -0.127. The Morgan fingerprint density at radius 1 is 1.07 bits per heavy atom. The van der Waals surface area contributed by atoms with Crippen LogP contribution in [-0.2, 0) is 4.79 Å². The Morgan fingerprint density at radius 3 is 1.71 bits per heavy atom. The van der Waals surface area contributed by atoms with Gasteiger partial charge in [0, 0.05) is 12.3 Å². The molecular formula is C13H26O. The van der Waals surface area contributed by atoms with Gasteiger partial charge in [0.1, 0.15) is 5.78 Å². The van der Waals surface area contributed by atoms with Crippen LogP contribution in [0.1, 0.15) is 61.3 Å². The van der Waals surface area contributed by atoms with Gasteiger partial charge in [0.15, 0.2) is 0 Å². The summed E-state index contributed by atoms with van der Waals surface area (Å²) in [6.07, 6.45) is 1.65. The molecule has 0 aromatic rings. The molecule has 1 unspecified atom stereocenters. The monoisotopic (exact) mass is 198 g/mol. The molecule has 1 heteroatoms. The van der Waals surface area contributed by atoms with Crippen LogP contribution in [0.15, 0.2) is 0 Å². The van der Waals surface area contributed by atoms with Crippen LogP contribution in [0.25, 0.3) is 0 Å². The molecule has 14 heavy (non-hydrogen) atoms. The lowest BCUT2D eigenvalue weighted by atomic mass is 9.73. The normalized spacial score (nSPS) is 15.4. The topological polar surface area (TPSA) is 17.1 Å². The van der Waals surface area contributed by atoms with Crippen molar-refractivity contribution in [2.45, 2.75) is 61.3 Å². The minimum absolute atomic E-state index is 0.108. The van der Waals surface area contributed by atoms with Crippen LogP contribution in [0.2, 0.25) is 0 Å². The fourth-order valence-corrected chi connectivity index (χ4v) is 1.97. The molecular weight excluding hydrogens is 172 g/mol. The van der Waals surface area contributed by atoms with E-state index in [4.69, 9.17) is 0 Å². The van der Waals surface area contributed by atoms with Crippen molar-refractivity contribution in [1.29, 1.82) is 0 Å². The first-order chi connectivity index (χ1) is 6.08. The molecule has 0 aliphatic carbocycles. The Morgan fingerprint density at radius 2 is 1.50 bits per heavy atom. The Kier molecular flexibility index (Phi) is 4.35. The van der Waals surface area contributed by atoms with E-state index in [0.717, 1.165) is 6.42 Å². The van der Waals surface area contributed by atoms with Crippen molar-refractivity contribution in [3.8, 4) is 0 Å². The maximum Gasteiger partial charge on any atom is 0.137 e. The molecule has 0 aliphatic rings. The molecule has 84 valence electrons. The average molecular weight is 198 g/mol. The molecule has 0 aromatic carbocycles. The van der Waals surface area contributed by atoms with Gasteiger partial charge in [0.2, 0.25) is 0 Å². The van der Waals surface area contributed by atoms with Gasteiger partial charge in [-0.1, -0.05) is 48.5 Å². The molecule has 0 aliphatic heterocycles. The van der Waals surface area contributed by atoms with E-state index in [-0.39, 0.29) is 16.7 Å². The molecule has 1 nitrogen and oxygen atoms in total. The summed E-state index contributed by atoms with van der Waals surface area (Å²) in [6.45, 7) is 14.9. The van der Waals surface area contributed by atoms with E-state index >= 15 is 0 Å². The summed E-state index contributed by atoms with van der Waals surface area (Å²) in [7, 11) is 0. The predicted octanol–water partition coefficient (Wildman–Crippen LogP) is 4.06. The Bertz CT molecular complexity index is 190. The Labute approximate surface area is 89.3 Å². The molecule has 0 radical (unpaired) electrons. The summed E-state index contributed by atoms with van der Waals surface area (Å²) in [4.78, 5) is 12.0.